The molecule has 1 saturated heterocycles. The number of nitrogens with zero attached hydrogens (tertiary/aromatic N) is 2. The molecule has 0 atom stereocenters. The molecule has 3 aromatic carbocycles. The van der Waals surface area contributed by atoms with Gasteiger partial charge in [-0.15, -0.1) is 0 Å². The lowest BCUT2D eigenvalue weighted by atomic mass is 10.1. The number of amidine groups is 1. The Morgan fingerprint density at radius 1 is 0.974 bits per heavy atom. The van der Waals surface area contributed by atoms with E-state index in [0.717, 1.165) is 21.0 Å². The molecule has 2 heterocycles. The van der Waals surface area contributed by atoms with Crippen LogP contribution in [0.3, 0.4) is 0 Å². The number of amides is 2. The normalized spacial score (nSPS) is 17.6. The summed E-state index contributed by atoms with van der Waals surface area (Å²) in [4.78, 5) is 28.3. The lowest BCUT2D eigenvalue weighted by Gasteiger charge is -2.15. The van der Waals surface area contributed by atoms with Gasteiger partial charge in [-0.3, -0.25) is 9.59 Å². The Kier molecular flexibility index (Phi) is 7.27. The van der Waals surface area contributed by atoms with Crippen LogP contribution in [0.2, 0.25) is 0 Å². The zero-order valence-corrected chi connectivity index (χ0v) is 21.4. The first-order valence-electron chi connectivity index (χ1n) is 11.4. The van der Waals surface area contributed by atoms with Crippen LogP contribution < -0.4 is 14.3 Å². The number of halogens is 1. The van der Waals surface area contributed by atoms with Gasteiger partial charge in [-0.25, -0.2) is 13.4 Å². The van der Waals surface area contributed by atoms with Crippen molar-refractivity contribution in [3.63, 3.8) is 0 Å². The van der Waals surface area contributed by atoms with Crippen molar-refractivity contribution in [2.75, 3.05) is 16.2 Å². The lowest BCUT2D eigenvalue weighted by molar-refractivity contribution is -0.117. The molecule has 1 fully saturated rings. The van der Waals surface area contributed by atoms with Crippen LogP contribution in [-0.2, 0) is 37.7 Å². The smallest absolute Gasteiger partial charge is 0.326 e. The van der Waals surface area contributed by atoms with Crippen molar-refractivity contribution in [1.82, 2.24) is 4.72 Å². The van der Waals surface area contributed by atoms with E-state index < -0.39 is 16.1 Å². The fraction of sp³-hybridized carbons (Fsp3) is 0.115. The average molecular weight is 553 g/mol. The second kappa shape index (κ2) is 10.8. The van der Waals surface area contributed by atoms with Gasteiger partial charge in [0, 0.05) is 5.69 Å². The van der Waals surface area contributed by atoms with Crippen molar-refractivity contribution in [2.45, 2.75) is 13.2 Å². The van der Waals surface area contributed by atoms with Crippen LogP contribution >= 0.6 is 11.8 Å². The number of carbonyl (C=O) groups is 2. The van der Waals surface area contributed by atoms with Crippen molar-refractivity contribution >= 4 is 56.4 Å². The Bertz CT molecular complexity index is 1540. The molecule has 0 bridgehead atoms. The summed E-state index contributed by atoms with van der Waals surface area (Å²) in [5.74, 6) is -1.24. The van der Waals surface area contributed by atoms with Crippen molar-refractivity contribution in [3.8, 4) is 0 Å². The average Bonchev–Trinajstić information content (AvgIpc) is 3.37. The number of rotatable bonds is 7. The summed E-state index contributed by atoms with van der Waals surface area (Å²) < 4.78 is 45.5. The summed E-state index contributed by atoms with van der Waals surface area (Å²) in [5, 5.41) is 3.44. The number of nitrogens with one attached hydrogen (secondary N) is 2. The Balaban J connectivity index is 1.15. The molecule has 5 rings (SSSR count). The zero-order chi connectivity index (χ0) is 26.7. The first-order valence-corrected chi connectivity index (χ1v) is 13.6. The SMILES string of the molecule is O=C1CN(c2ccc(NC3=NC(=O)C(=Cc4ccc(COCc5ccc(F)cc5)cc4)S3)cc2)S(=O)(=O)N1. The quantitative estimate of drug-likeness (QED) is 0.428. The zero-order valence-electron chi connectivity index (χ0n) is 19.8. The van der Waals surface area contributed by atoms with Crippen LogP contribution in [0.1, 0.15) is 16.7 Å². The minimum atomic E-state index is -3.87. The van der Waals surface area contributed by atoms with Gasteiger partial charge in [0.15, 0.2) is 5.17 Å². The second-order valence-corrected chi connectivity index (χ2v) is 11.0. The van der Waals surface area contributed by atoms with Crippen LogP contribution in [0.25, 0.3) is 6.08 Å². The van der Waals surface area contributed by atoms with Gasteiger partial charge >= 0.3 is 10.2 Å². The van der Waals surface area contributed by atoms with E-state index in [0.29, 0.717) is 34.7 Å². The number of aliphatic imine (C=N–C) groups is 1. The molecule has 0 aromatic heterocycles. The highest BCUT2D eigenvalue weighted by Gasteiger charge is 2.33. The first kappa shape index (κ1) is 25.6. The van der Waals surface area contributed by atoms with E-state index in [4.69, 9.17) is 4.74 Å². The van der Waals surface area contributed by atoms with Gasteiger partial charge in [0.25, 0.3) is 11.8 Å². The first-order chi connectivity index (χ1) is 18.2. The van der Waals surface area contributed by atoms with Crippen LogP contribution in [0, 0.1) is 5.82 Å². The fourth-order valence-electron chi connectivity index (χ4n) is 3.70. The highest BCUT2D eigenvalue weighted by molar-refractivity contribution is 8.18. The molecule has 2 aliphatic rings. The van der Waals surface area contributed by atoms with Gasteiger partial charge < -0.3 is 10.1 Å². The van der Waals surface area contributed by atoms with E-state index in [2.05, 4.69) is 10.3 Å². The van der Waals surface area contributed by atoms with Crippen molar-refractivity contribution in [3.05, 3.63) is 100 Å². The maximum Gasteiger partial charge on any atom is 0.326 e. The van der Waals surface area contributed by atoms with Crippen LogP contribution in [0.4, 0.5) is 15.8 Å². The van der Waals surface area contributed by atoms with E-state index in [1.165, 1.54) is 23.9 Å². The van der Waals surface area contributed by atoms with E-state index in [1.54, 1.807) is 42.5 Å². The Hall–Kier alpha value is -4.00. The van der Waals surface area contributed by atoms with Crippen molar-refractivity contribution in [1.29, 1.82) is 0 Å². The maximum absolute atomic E-state index is 13.0. The van der Waals surface area contributed by atoms with E-state index >= 15 is 0 Å². The molecule has 0 saturated carbocycles. The molecule has 38 heavy (non-hydrogen) atoms. The highest BCUT2D eigenvalue weighted by Crippen LogP contribution is 2.30. The van der Waals surface area contributed by atoms with Crippen molar-refractivity contribution < 1.29 is 27.1 Å². The Morgan fingerprint density at radius 3 is 2.21 bits per heavy atom. The highest BCUT2D eigenvalue weighted by atomic mass is 32.2. The van der Waals surface area contributed by atoms with Crippen LogP contribution in [-0.4, -0.2) is 31.9 Å². The number of benzene rings is 3. The molecule has 0 radical (unpaired) electrons. The molecule has 2 N–H and O–H groups in total. The summed E-state index contributed by atoms with van der Waals surface area (Å²) in [7, 11) is -3.87. The number of thioether (sulfide) groups is 1. The Labute approximate surface area is 222 Å². The molecule has 0 spiro atoms. The third kappa shape index (κ3) is 6.10. The molecule has 194 valence electrons. The number of hydrogen-bond acceptors (Lipinski definition) is 7. The molecule has 12 heteroatoms. The number of ether oxygens (including phenoxy) is 1. The fourth-order valence-corrected chi connectivity index (χ4v) is 5.69. The molecule has 0 unspecified atom stereocenters. The predicted octanol–water partition coefficient (Wildman–Crippen LogP) is 3.81. The number of carbonyl (C=O) groups excluding carboxylic acids is 2. The van der Waals surface area contributed by atoms with Crippen molar-refractivity contribution in [2.24, 2.45) is 4.99 Å². The van der Waals surface area contributed by atoms with E-state index in [-0.39, 0.29) is 18.3 Å². The molecule has 9 nitrogen and oxygen atoms in total. The molecule has 3 aromatic rings. The standard InChI is InChI=1S/C26H21FN4O5S2/c27-20-7-5-19(6-8-20)16-36-15-18-3-1-17(2-4-18)13-23-25(33)29-26(37-23)28-21-9-11-22(12-10-21)31-14-24(32)30-38(31,34)35/h1-13H,14-16H2,(H,30,32)(H,28,29,33). The monoisotopic (exact) mass is 552 g/mol. The summed E-state index contributed by atoms with van der Waals surface area (Å²) in [6.07, 6.45) is 1.75. The van der Waals surface area contributed by atoms with Crippen LogP contribution in [0.5, 0.6) is 0 Å². The minimum absolute atomic E-state index is 0.273. The molecule has 2 aliphatic heterocycles. The second-order valence-electron chi connectivity index (χ2n) is 8.40. The largest absolute Gasteiger partial charge is 0.372 e. The van der Waals surface area contributed by atoms with Gasteiger partial charge in [0.2, 0.25) is 0 Å². The van der Waals surface area contributed by atoms with Gasteiger partial charge in [0.05, 0.1) is 23.8 Å². The third-order valence-corrected chi connectivity index (χ3v) is 7.88. The summed E-state index contributed by atoms with van der Waals surface area (Å²) in [6, 6.07) is 20.1. The molecule has 0 aliphatic carbocycles. The molecule has 2 amide bonds. The number of anilines is 2. The van der Waals surface area contributed by atoms with Gasteiger partial charge in [-0.1, -0.05) is 36.4 Å². The van der Waals surface area contributed by atoms with Crippen LogP contribution in [0.15, 0.2) is 82.7 Å². The van der Waals surface area contributed by atoms with Gasteiger partial charge in [0.1, 0.15) is 12.4 Å². The minimum Gasteiger partial charge on any atom is -0.372 e. The van der Waals surface area contributed by atoms with Gasteiger partial charge in [-0.05, 0) is 70.9 Å². The summed E-state index contributed by atoms with van der Waals surface area (Å²) >= 11 is 1.19. The predicted molar refractivity (Wildman–Crippen MR) is 144 cm³/mol. The summed E-state index contributed by atoms with van der Waals surface area (Å²) in [5.41, 5.74) is 3.63. The maximum atomic E-state index is 13.0. The van der Waals surface area contributed by atoms with E-state index in [1.807, 2.05) is 29.0 Å². The Morgan fingerprint density at radius 2 is 1.61 bits per heavy atom. The van der Waals surface area contributed by atoms with Gasteiger partial charge in [-0.2, -0.15) is 13.4 Å². The topological polar surface area (TPSA) is 117 Å². The lowest BCUT2D eigenvalue weighted by Crippen LogP contribution is -2.29. The molecular formula is C26H21FN4O5S2. The summed E-state index contributed by atoms with van der Waals surface area (Å²) in [6.45, 7) is 0.500. The molecular weight excluding hydrogens is 531 g/mol. The van der Waals surface area contributed by atoms with E-state index in [9.17, 15) is 22.4 Å². The number of hydrogen-bond donors (Lipinski definition) is 2. The third-order valence-electron chi connectivity index (χ3n) is 5.58.